The molecule has 0 saturated carbocycles. The van der Waals surface area contributed by atoms with Gasteiger partial charge >= 0.3 is 0 Å². The van der Waals surface area contributed by atoms with E-state index in [4.69, 9.17) is 4.74 Å². The summed E-state index contributed by atoms with van der Waals surface area (Å²) in [6, 6.07) is 8.54. The molecular formula is C17H30N2O. The van der Waals surface area contributed by atoms with E-state index < -0.39 is 0 Å². The number of hydrogen-bond acceptors (Lipinski definition) is 3. The monoisotopic (exact) mass is 278 g/mol. The molecule has 0 aromatic heterocycles. The number of benzene rings is 1. The number of para-hydroxylation sites is 1. The highest BCUT2D eigenvalue weighted by molar-refractivity contribution is 5.35. The highest BCUT2D eigenvalue weighted by atomic mass is 16.5. The van der Waals surface area contributed by atoms with Gasteiger partial charge in [0.15, 0.2) is 0 Å². The maximum atomic E-state index is 5.87. The van der Waals surface area contributed by atoms with Crippen molar-refractivity contribution in [3.63, 3.8) is 0 Å². The average molecular weight is 278 g/mol. The van der Waals surface area contributed by atoms with Gasteiger partial charge in [0.25, 0.3) is 0 Å². The summed E-state index contributed by atoms with van der Waals surface area (Å²) >= 11 is 0. The summed E-state index contributed by atoms with van der Waals surface area (Å²) in [5.74, 6) is 0.978. The fourth-order valence-corrected chi connectivity index (χ4v) is 2.04. The van der Waals surface area contributed by atoms with E-state index in [2.05, 4.69) is 64.3 Å². The highest BCUT2D eigenvalue weighted by Crippen LogP contribution is 2.25. The molecule has 1 atom stereocenters. The minimum atomic E-state index is 0.170. The van der Waals surface area contributed by atoms with Crippen molar-refractivity contribution >= 4 is 0 Å². The third kappa shape index (κ3) is 6.40. The average Bonchev–Trinajstić information content (AvgIpc) is 2.33. The molecule has 3 heteroatoms. The van der Waals surface area contributed by atoms with Crippen LogP contribution in [-0.4, -0.2) is 24.7 Å². The first-order valence-electron chi connectivity index (χ1n) is 7.53. The summed E-state index contributed by atoms with van der Waals surface area (Å²) in [6.07, 6.45) is 0.200. The minimum Gasteiger partial charge on any atom is -0.491 e. The van der Waals surface area contributed by atoms with Gasteiger partial charge in [-0.05, 0) is 47.6 Å². The van der Waals surface area contributed by atoms with Crippen LogP contribution in [0.1, 0.15) is 53.1 Å². The Morgan fingerprint density at radius 2 is 1.70 bits per heavy atom. The molecule has 0 spiro atoms. The Morgan fingerprint density at radius 3 is 2.30 bits per heavy atom. The maximum absolute atomic E-state index is 5.87. The molecule has 0 bridgehead atoms. The molecule has 0 aliphatic rings. The van der Waals surface area contributed by atoms with Crippen LogP contribution in [0, 0.1) is 0 Å². The molecule has 1 aromatic rings. The second-order valence-corrected chi connectivity index (χ2v) is 6.56. The van der Waals surface area contributed by atoms with Gasteiger partial charge in [0.2, 0.25) is 0 Å². The second-order valence-electron chi connectivity index (χ2n) is 6.56. The molecule has 0 aliphatic carbocycles. The lowest BCUT2D eigenvalue weighted by molar-refractivity contribution is 0.238. The van der Waals surface area contributed by atoms with E-state index in [1.54, 1.807) is 0 Å². The van der Waals surface area contributed by atoms with Gasteiger partial charge in [-0.1, -0.05) is 18.2 Å². The Labute approximate surface area is 124 Å². The maximum Gasteiger partial charge on any atom is 0.124 e. The van der Waals surface area contributed by atoms with E-state index in [1.165, 1.54) is 5.56 Å². The van der Waals surface area contributed by atoms with Gasteiger partial charge in [0.1, 0.15) is 5.75 Å². The van der Waals surface area contributed by atoms with Crippen molar-refractivity contribution in [2.75, 3.05) is 13.1 Å². The van der Waals surface area contributed by atoms with E-state index in [0.29, 0.717) is 0 Å². The van der Waals surface area contributed by atoms with Crippen molar-refractivity contribution in [2.24, 2.45) is 0 Å². The molecule has 3 nitrogen and oxygen atoms in total. The van der Waals surface area contributed by atoms with Gasteiger partial charge in [-0.15, -0.1) is 0 Å². The van der Waals surface area contributed by atoms with E-state index >= 15 is 0 Å². The third-order valence-electron chi connectivity index (χ3n) is 2.98. The Bertz CT molecular complexity index is 396. The van der Waals surface area contributed by atoms with Crippen LogP contribution in [0.15, 0.2) is 24.3 Å². The molecule has 0 aliphatic heterocycles. The zero-order chi connectivity index (χ0) is 15.2. The lowest BCUT2D eigenvalue weighted by Gasteiger charge is -2.23. The van der Waals surface area contributed by atoms with Crippen LogP contribution in [0.4, 0.5) is 0 Å². The first kappa shape index (κ1) is 17.0. The van der Waals surface area contributed by atoms with Crippen LogP contribution in [0.2, 0.25) is 0 Å². The molecule has 2 N–H and O–H groups in total. The van der Waals surface area contributed by atoms with Gasteiger partial charge < -0.3 is 15.4 Å². The summed E-state index contributed by atoms with van der Waals surface area (Å²) in [4.78, 5) is 0. The standard InChI is InChI=1S/C17H30N2O/c1-13(2)20-16-10-8-7-9-15(16)14(3)18-11-12-19-17(4,5)6/h7-10,13-14,18-19H,11-12H2,1-6H3. The zero-order valence-electron chi connectivity index (χ0n) is 13.8. The fraction of sp³-hybridized carbons (Fsp3) is 0.647. The number of ether oxygens (including phenoxy) is 1. The quantitative estimate of drug-likeness (QED) is 0.749. The second kappa shape index (κ2) is 7.65. The predicted molar refractivity (Wildman–Crippen MR) is 86.4 cm³/mol. The van der Waals surface area contributed by atoms with Crippen molar-refractivity contribution in [3.8, 4) is 5.75 Å². The largest absolute Gasteiger partial charge is 0.491 e. The van der Waals surface area contributed by atoms with Gasteiger partial charge in [-0.3, -0.25) is 0 Å². The summed E-state index contributed by atoms with van der Waals surface area (Å²) in [5, 5.41) is 7.02. The molecule has 0 heterocycles. The van der Waals surface area contributed by atoms with Gasteiger partial charge in [-0.25, -0.2) is 0 Å². The molecule has 1 unspecified atom stereocenters. The van der Waals surface area contributed by atoms with Crippen molar-refractivity contribution in [2.45, 2.75) is 59.2 Å². The minimum absolute atomic E-state index is 0.170. The van der Waals surface area contributed by atoms with Crippen molar-refractivity contribution < 1.29 is 4.74 Å². The van der Waals surface area contributed by atoms with E-state index in [9.17, 15) is 0 Å². The Balaban J connectivity index is 2.52. The van der Waals surface area contributed by atoms with Gasteiger partial charge in [-0.2, -0.15) is 0 Å². The molecule has 0 amide bonds. The first-order chi connectivity index (χ1) is 9.29. The SMILES string of the molecule is CC(C)Oc1ccccc1C(C)NCCNC(C)(C)C. The van der Waals surface area contributed by atoms with E-state index in [-0.39, 0.29) is 17.7 Å². The van der Waals surface area contributed by atoms with Crippen LogP contribution in [0.5, 0.6) is 5.75 Å². The van der Waals surface area contributed by atoms with Gasteiger partial charge in [0, 0.05) is 30.2 Å². The molecule has 1 rings (SSSR count). The van der Waals surface area contributed by atoms with Crippen molar-refractivity contribution in [3.05, 3.63) is 29.8 Å². The van der Waals surface area contributed by atoms with E-state index in [1.807, 2.05) is 12.1 Å². The summed E-state index contributed by atoms with van der Waals surface area (Å²) in [6.45, 7) is 14.7. The molecule has 0 saturated heterocycles. The lowest BCUT2D eigenvalue weighted by Crippen LogP contribution is -2.40. The summed E-state index contributed by atoms with van der Waals surface area (Å²) < 4.78 is 5.87. The van der Waals surface area contributed by atoms with Crippen LogP contribution >= 0.6 is 0 Å². The number of hydrogen-bond donors (Lipinski definition) is 2. The lowest BCUT2D eigenvalue weighted by atomic mass is 10.1. The molecule has 0 radical (unpaired) electrons. The normalized spacial score (nSPS) is 13.6. The highest BCUT2D eigenvalue weighted by Gasteiger charge is 2.12. The Kier molecular flexibility index (Phi) is 6.50. The number of nitrogens with one attached hydrogen (secondary N) is 2. The van der Waals surface area contributed by atoms with Crippen LogP contribution in [0.25, 0.3) is 0 Å². The number of rotatable bonds is 7. The Hall–Kier alpha value is -1.06. The smallest absolute Gasteiger partial charge is 0.124 e. The van der Waals surface area contributed by atoms with Crippen molar-refractivity contribution in [1.82, 2.24) is 10.6 Å². The van der Waals surface area contributed by atoms with Crippen LogP contribution in [0.3, 0.4) is 0 Å². The summed E-state index contributed by atoms with van der Waals surface area (Å²) in [7, 11) is 0. The fourth-order valence-electron chi connectivity index (χ4n) is 2.04. The van der Waals surface area contributed by atoms with Gasteiger partial charge in [0.05, 0.1) is 6.10 Å². The topological polar surface area (TPSA) is 33.3 Å². The first-order valence-corrected chi connectivity index (χ1v) is 7.53. The van der Waals surface area contributed by atoms with Crippen LogP contribution in [-0.2, 0) is 0 Å². The zero-order valence-corrected chi connectivity index (χ0v) is 13.8. The van der Waals surface area contributed by atoms with E-state index in [0.717, 1.165) is 18.8 Å². The predicted octanol–water partition coefficient (Wildman–Crippen LogP) is 3.51. The Morgan fingerprint density at radius 1 is 1.05 bits per heavy atom. The molecule has 20 heavy (non-hydrogen) atoms. The van der Waals surface area contributed by atoms with Crippen molar-refractivity contribution in [1.29, 1.82) is 0 Å². The molecule has 0 fully saturated rings. The molecule has 1 aromatic carbocycles. The molecule has 114 valence electrons. The van der Waals surface area contributed by atoms with Crippen LogP contribution < -0.4 is 15.4 Å². The third-order valence-corrected chi connectivity index (χ3v) is 2.98. The summed E-state index contributed by atoms with van der Waals surface area (Å²) in [5.41, 5.74) is 1.39. The molecular weight excluding hydrogens is 248 g/mol.